The van der Waals surface area contributed by atoms with E-state index in [9.17, 15) is 0 Å². The van der Waals surface area contributed by atoms with Gasteiger partial charge in [0.1, 0.15) is 11.5 Å². The van der Waals surface area contributed by atoms with Crippen molar-refractivity contribution in [2.45, 2.75) is 12.5 Å². The van der Waals surface area contributed by atoms with Crippen LogP contribution in [0.5, 0.6) is 0 Å². The monoisotopic (exact) mass is 285 g/mol. The van der Waals surface area contributed by atoms with Gasteiger partial charge in [-0.2, -0.15) is 0 Å². The number of rotatable bonds is 4. The standard InChI is InChI=1S/C16H16ClN3/c1-16(12-17,13-6-3-2-4-7-13)19-15-9-5-8-14-18-10-11-20(14)15/h2-11,19H,12H2,1H3. The van der Waals surface area contributed by atoms with Crippen LogP contribution in [0, 0.1) is 0 Å². The van der Waals surface area contributed by atoms with Gasteiger partial charge in [-0.3, -0.25) is 4.40 Å². The molecular formula is C16H16ClN3. The molecule has 0 amide bonds. The maximum absolute atomic E-state index is 6.23. The number of benzene rings is 1. The van der Waals surface area contributed by atoms with Crippen LogP contribution in [0.25, 0.3) is 5.65 Å². The Kier molecular flexibility index (Phi) is 3.36. The topological polar surface area (TPSA) is 29.3 Å². The molecular weight excluding hydrogens is 270 g/mol. The summed E-state index contributed by atoms with van der Waals surface area (Å²) in [5.41, 5.74) is 1.74. The molecule has 4 heteroatoms. The molecule has 20 heavy (non-hydrogen) atoms. The van der Waals surface area contributed by atoms with Gasteiger partial charge < -0.3 is 5.32 Å². The van der Waals surface area contributed by atoms with Crippen molar-refractivity contribution >= 4 is 23.1 Å². The van der Waals surface area contributed by atoms with E-state index in [1.807, 2.05) is 47.0 Å². The molecule has 3 rings (SSSR count). The number of imidazole rings is 1. The first kappa shape index (κ1) is 13.0. The molecule has 3 nitrogen and oxygen atoms in total. The lowest BCUT2D eigenvalue weighted by Crippen LogP contribution is -2.34. The van der Waals surface area contributed by atoms with Crippen molar-refractivity contribution in [3.8, 4) is 0 Å². The van der Waals surface area contributed by atoms with Crippen LogP contribution in [0.3, 0.4) is 0 Å². The van der Waals surface area contributed by atoms with Gasteiger partial charge in [-0.1, -0.05) is 36.4 Å². The number of hydrogen-bond donors (Lipinski definition) is 1. The van der Waals surface area contributed by atoms with Gasteiger partial charge >= 0.3 is 0 Å². The fourth-order valence-corrected chi connectivity index (χ4v) is 2.54. The van der Waals surface area contributed by atoms with Crippen LogP contribution in [0.1, 0.15) is 12.5 Å². The molecule has 0 spiro atoms. The number of pyridine rings is 1. The van der Waals surface area contributed by atoms with Crippen LogP contribution in [0.4, 0.5) is 5.82 Å². The largest absolute Gasteiger partial charge is 0.361 e. The lowest BCUT2D eigenvalue weighted by molar-refractivity contribution is 0.612. The van der Waals surface area contributed by atoms with Crippen molar-refractivity contribution < 1.29 is 0 Å². The third-order valence-corrected chi connectivity index (χ3v) is 4.04. The van der Waals surface area contributed by atoms with Crippen molar-refractivity contribution in [2.24, 2.45) is 0 Å². The average molecular weight is 286 g/mol. The van der Waals surface area contributed by atoms with Crippen molar-refractivity contribution in [1.29, 1.82) is 0 Å². The normalized spacial score (nSPS) is 14.1. The summed E-state index contributed by atoms with van der Waals surface area (Å²) in [6.07, 6.45) is 3.73. The molecule has 0 saturated carbocycles. The van der Waals surface area contributed by atoms with E-state index in [2.05, 4.69) is 29.4 Å². The molecule has 0 bridgehead atoms. The Morgan fingerprint density at radius 2 is 1.95 bits per heavy atom. The van der Waals surface area contributed by atoms with Crippen LogP contribution in [-0.2, 0) is 5.54 Å². The quantitative estimate of drug-likeness (QED) is 0.737. The van der Waals surface area contributed by atoms with E-state index in [4.69, 9.17) is 11.6 Å². The molecule has 102 valence electrons. The first-order valence-electron chi connectivity index (χ1n) is 6.55. The number of fused-ring (bicyclic) bond motifs is 1. The SMILES string of the molecule is CC(CCl)(Nc1cccc2nccn12)c1ccccc1. The number of nitrogens with zero attached hydrogens (tertiary/aromatic N) is 2. The molecule has 1 atom stereocenters. The van der Waals surface area contributed by atoms with Crippen LogP contribution >= 0.6 is 11.6 Å². The van der Waals surface area contributed by atoms with Gasteiger partial charge in [0.2, 0.25) is 0 Å². The fourth-order valence-electron chi connectivity index (χ4n) is 2.32. The molecule has 0 aliphatic rings. The number of hydrogen-bond acceptors (Lipinski definition) is 2. The van der Waals surface area contributed by atoms with Crippen molar-refractivity contribution in [3.63, 3.8) is 0 Å². The van der Waals surface area contributed by atoms with Crippen LogP contribution in [0.2, 0.25) is 0 Å². The van der Waals surface area contributed by atoms with Crippen molar-refractivity contribution in [2.75, 3.05) is 11.2 Å². The number of nitrogens with one attached hydrogen (secondary N) is 1. The highest BCUT2D eigenvalue weighted by Gasteiger charge is 2.25. The number of halogens is 1. The molecule has 2 heterocycles. The zero-order valence-corrected chi connectivity index (χ0v) is 12.0. The minimum absolute atomic E-state index is 0.332. The lowest BCUT2D eigenvalue weighted by Gasteiger charge is -2.30. The summed E-state index contributed by atoms with van der Waals surface area (Å²) in [5.74, 6) is 1.45. The Balaban J connectivity index is 2.01. The highest BCUT2D eigenvalue weighted by atomic mass is 35.5. The summed E-state index contributed by atoms with van der Waals surface area (Å²) < 4.78 is 2.02. The third-order valence-electron chi connectivity index (χ3n) is 3.51. The second-order valence-corrected chi connectivity index (χ2v) is 5.29. The molecule has 0 fully saturated rings. The summed E-state index contributed by atoms with van der Waals surface area (Å²) in [7, 11) is 0. The molecule has 2 aromatic heterocycles. The van der Waals surface area contributed by atoms with E-state index in [0.717, 1.165) is 17.0 Å². The summed E-state index contributed by atoms with van der Waals surface area (Å²) in [5, 5.41) is 3.54. The minimum atomic E-state index is -0.332. The second kappa shape index (κ2) is 5.17. The summed E-state index contributed by atoms with van der Waals surface area (Å²) in [6, 6.07) is 16.2. The predicted octanol–water partition coefficient (Wildman–Crippen LogP) is 3.90. The molecule has 3 aromatic rings. The zero-order chi connectivity index (χ0) is 14.0. The van der Waals surface area contributed by atoms with E-state index in [1.54, 1.807) is 6.20 Å². The Morgan fingerprint density at radius 3 is 2.70 bits per heavy atom. The lowest BCUT2D eigenvalue weighted by atomic mass is 9.94. The molecule has 1 N–H and O–H groups in total. The van der Waals surface area contributed by atoms with E-state index in [0.29, 0.717) is 5.88 Å². The van der Waals surface area contributed by atoms with Crippen LogP contribution in [-0.4, -0.2) is 15.3 Å². The molecule has 1 aromatic carbocycles. The number of alkyl halides is 1. The summed E-state index contributed by atoms with van der Waals surface area (Å²) in [4.78, 5) is 4.30. The van der Waals surface area contributed by atoms with Gasteiger partial charge in [0.05, 0.1) is 5.54 Å². The van der Waals surface area contributed by atoms with Crippen molar-refractivity contribution in [1.82, 2.24) is 9.38 Å². The van der Waals surface area contributed by atoms with Gasteiger partial charge in [0, 0.05) is 18.3 Å². The first-order chi connectivity index (χ1) is 9.73. The van der Waals surface area contributed by atoms with E-state index in [1.165, 1.54) is 0 Å². The highest BCUT2D eigenvalue weighted by molar-refractivity contribution is 6.18. The third kappa shape index (κ3) is 2.25. The van der Waals surface area contributed by atoms with Crippen molar-refractivity contribution in [3.05, 3.63) is 66.5 Å². The second-order valence-electron chi connectivity index (χ2n) is 5.02. The predicted molar refractivity (Wildman–Crippen MR) is 83.3 cm³/mol. The number of anilines is 1. The molecule has 0 aliphatic carbocycles. The van der Waals surface area contributed by atoms with Gasteiger partial charge in [0.25, 0.3) is 0 Å². The highest BCUT2D eigenvalue weighted by Crippen LogP contribution is 2.27. The van der Waals surface area contributed by atoms with E-state index >= 15 is 0 Å². The average Bonchev–Trinajstić information content (AvgIpc) is 2.98. The Bertz CT molecular complexity index is 708. The smallest absolute Gasteiger partial charge is 0.138 e. The maximum Gasteiger partial charge on any atom is 0.138 e. The van der Waals surface area contributed by atoms with E-state index < -0.39 is 0 Å². The van der Waals surface area contributed by atoms with Crippen LogP contribution < -0.4 is 5.32 Å². The molecule has 0 radical (unpaired) electrons. The van der Waals surface area contributed by atoms with E-state index in [-0.39, 0.29) is 5.54 Å². The van der Waals surface area contributed by atoms with Gasteiger partial charge in [-0.05, 0) is 24.6 Å². The Hall–Kier alpha value is -2.00. The molecule has 1 unspecified atom stereocenters. The Morgan fingerprint density at radius 1 is 1.15 bits per heavy atom. The zero-order valence-electron chi connectivity index (χ0n) is 11.3. The molecule has 0 saturated heterocycles. The summed E-state index contributed by atoms with van der Waals surface area (Å²) >= 11 is 6.23. The maximum atomic E-state index is 6.23. The minimum Gasteiger partial charge on any atom is -0.361 e. The van der Waals surface area contributed by atoms with Gasteiger partial charge in [-0.15, -0.1) is 11.6 Å². The van der Waals surface area contributed by atoms with Gasteiger partial charge in [0.15, 0.2) is 0 Å². The summed E-state index contributed by atoms with van der Waals surface area (Å²) in [6.45, 7) is 2.10. The molecule has 0 aliphatic heterocycles. The van der Waals surface area contributed by atoms with Gasteiger partial charge in [-0.25, -0.2) is 4.98 Å². The Labute approximate surface area is 123 Å². The fraction of sp³-hybridized carbons (Fsp3) is 0.188. The number of aromatic nitrogens is 2. The first-order valence-corrected chi connectivity index (χ1v) is 7.08. The van der Waals surface area contributed by atoms with Crippen LogP contribution in [0.15, 0.2) is 60.9 Å².